The van der Waals surface area contributed by atoms with Crippen molar-refractivity contribution in [2.75, 3.05) is 32.8 Å². The quantitative estimate of drug-likeness (QED) is 0.546. The molecule has 0 radical (unpaired) electrons. The Morgan fingerprint density at radius 1 is 1.15 bits per heavy atom. The summed E-state index contributed by atoms with van der Waals surface area (Å²) in [5.74, 6) is 2.05. The Balaban J connectivity index is 1.76. The number of morpholine rings is 1. The molecule has 2 heterocycles. The highest BCUT2D eigenvalue weighted by molar-refractivity contribution is 7.89. The first-order valence-corrected chi connectivity index (χ1v) is 12.3. The van der Waals surface area contributed by atoms with Crippen LogP contribution in [0.25, 0.3) is 10.9 Å². The van der Waals surface area contributed by atoms with Crippen molar-refractivity contribution in [1.29, 1.82) is 0 Å². The minimum absolute atomic E-state index is 0.0345. The van der Waals surface area contributed by atoms with Crippen molar-refractivity contribution >= 4 is 26.8 Å². The number of benzene rings is 2. The van der Waals surface area contributed by atoms with Crippen LogP contribution >= 0.6 is 0 Å². The fraction of sp³-hybridized carbons (Fsp3) is 0.280. The van der Waals surface area contributed by atoms with Crippen LogP contribution in [-0.2, 0) is 21.3 Å². The highest BCUT2D eigenvalue weighted by atomic mass is 32.2. The second kappa shape index (κ2) is 9.81. The number of hydrogen-bond acceptors (Lipinski definition) is 5. The average molecular weight is 480 g/mol. The molecule has 4 rings (SSSR count). The maximum Gasteiger partial charge on any atom is 0.255 e. The number of pyridine rings is 1. The SMILES string of the molecule is C#CCN(Cc1ccc(C)cc1)C(=O)c1cc(=O)[nH]c2ccc(S(=O)(=O)N3CCOCC3)cc12. The molecule has 1 fully saturated rings. The first kappa shape index (κ1) is 23.7. The Kier molecular flexibility index (Phi) is 6.84. The summed E-state index contributed by atoms with van der Waals surface area (Å²) in [5.41, 5.74) is 1.98. The first-order chi connectivity index (χ1) is 16.3. The molecule has 0 saturated carbocycles. The molecule has 0 bridgehead atoms. The number of carbonyl (C=O) groups excluding carboxylic acids is 1. The lowest BCUT2D eigenvalue weighted by atomic mass is 10.1. The Bertz CT molecular complexity index is 1420. The van der Waals surface area contributed by atoms with Gasteiger partial charge in [0, 0.05) is 36.6 Å². The molecule has 0 atom stereocenters. The number of carbonyl (C=O) groups is 1. The smallest absolute Gasteiger partial charge is 0.255 e. The number of aryl methyl sites for hydroxylation is 1. The summed E-state index contributed by atoms with van der Waals surface area (Å²) in [4.78, 5) is 30.0. The molecule has 0 spiro atoms. The van der Waals surface area contributed by atoms with E-state index < -0.39 is 21.5 Å². The Morgan fingerprint density at radius 2 is 1.85 bits per heavy atom. The summed E-state index contributed by atoms with van der Waals surface area (Å²) in [5, 5.41) is 0.338. The van der Waals surface area contributed by atoms with Crippen LogP contribution in [0.1, 0.15) is 21.5 Å². The highest BCUT2D eigenvalue weighted by Gasteiger charge is 2.27. The number of terminal acetylenes is 1. The van der Waals surface area contributed by atoms with Gasteiger partial charge >= 0.3 is 0 Å². The molecule has 176 valence electrons. The van der Waals surface area contributed by atoms with Gasteiger partial charge < -0.3 is 14.6 Å². The molecule has 1 amide bonds. The van der Waals surface area contributed by atoms with Gasteiger partial charge in [-0.05, 0) is 30.7 Å². The van der Waals surface area contributed by atoms with E-state index in [4.69, 9.17) is 11.2 Å². The van der Waals surface area contributed by atoms with E-state index in [1.54, 1.807) is 0 Å². The zero-order valence-corrected chi connectivity index (χ0v) is 19.6. The van der Waals surface area contributed by atoms with E-state index in [0.717, 1.165) is 11.1 Å². The largest absolute Gasteiger partial charge is 0.379 e. The van der Waals surface area contributed by atoms with E-state index in [1.165, 1.54) is 33.5 Å². The molecule has 3 aromatic rings. The van der Waals surface area contributed by atoms with Gasteiger partial charge in [-0.1, -0.05) is 35.7 Å². The van der Waals surface area contributed by atoms with Crippen LogP contribution in [0.5, 0.6) is 0 Å². The van der Waals surface area contributed by atoms with Crippen molar-refractivity contribution < 1.29 is 17.9 Å². The summed E-state index contributed by atoms with van der Waals surface area (Å²) in [6.45, 7) is 3.41. The molecule has 1 aliphatic rings. The van der Waals surface area contributed by atoms with Crippen molar-refractivity contribution in [3.8, 4) is 12.3 Å². The van der Waals surface area contributed by atoms with Crippen LogP contribution in [-0.4, -0.2) is 61.4 Å². The van der Waals surface area contributed by atoms with Crippen molar-refractivity contribution in [2.24, 2.45) is 0 Å². The number of nitrogens with one attached hydrogen (secondary N) is 1. The van der Waals surface area contributed by atoms with Gasteiger partial charge in [-0.2, -0.15) is 4.31 Å². The van der Waals surface area contributed by atoms with Gasteiger partial charge in [0.15, 0.2) is 0 Å². The van der Waals surface area contributed by atoms with Gasteiger partial charge in [0.2, 0.25) is 15.6 Å². The number of ether oxygens (including phenoxy) is 1. The summed E-state index contributed by atoms with van der Waals surface area (Å²) in [6.07, 6.45) is 5.52. The van der Waals surface area contributed by atoms with Crippen LogP contribution in [0.2, 0.25) is 0 Å². The Morgan fingerprint density at radius 3 is 2.53 bits per heavy atom. The Labute approximate surface area is 198 Å². The molecular weight excluding hydrogens is 454 g/mol. The van der Waals surface area contributed by atoms with Crippen LogP contribution in [0.3, 0.4) is 0 Å². The lowest BCUT2D eigenvalue weighted by Crippen LogP contribution is -2.40. The minimum atomic E-state index is -3.79. The topological polar surface area (TPSA) is 99.8 Å². The summed E-state index contributed by atoms with van der Waals surface area (Å²) in [6, 6.07) is 13.3. The van der Waals surface area contributed by atoms with Gasteiger partial charge in [0.25, 0.3) is 5.91 Å². The molecule has 9 heteroatoms. The van der Waals surface area contributed by atoms with Crippen LogP contribution in [0.4, 0.5) is 0 Å². The fourth-order valence-corrected chi connectivity index (χ4v) is 5.33. The third-order valence-electron chi connectivity index (χ3n) is 5.72. The lowest BCUT2D eigenvalue weighted by molar-refractivity contribution is 0.0730. The van der Waals surface area contributed by atoms with Crippen LogP contribution in [0, 0.1) is 19.3 Å². The molecule has 1 saturated heterocycles. The number of hydrogen-bond donors (Lipinski definition) is 1. The number of fused-ring (bicyclic) bond motifs is 1. The van der Waals surface area contributed by atoms with Gasteiger partial charge in [-0.3, -0.25) is 9.59 Å². The maximum atomic E-state index is 13.5. The second-order valence-electron chi connectivity index (χ2n) is 8.12. The summed E-state index contributed by atoms with van der Waals surface area (Å²) < 4.78 is 32.9. The zero-order valence-electron chi connectivity index (χ0n) is 18.8. The molecule has 8 nitrogen and oxygen atoms in total. The van der Waals surface area contributed by atoms with E-state index in [9.17, 15) is 18.0 Å². The maximum absolute atomic E-state index is 13.5. The molecule has 1 N–H and O–H groups in total. The van der Waals surface area contributed by atoms with Crippen molar-refractivity contribution in [1.82, 2.24) is 14.2 Å². The Hall–Kier alpha value is -3.45. The first-order valence-electron chi connectivity index (χ1n) is 10.8. The molecule has 2 aromatic carbocycles. The van der Waals surface area contributed by atoms with Crippen LogP contribution in [0.15, 0.2) is 58.2 Å². The lowest BCUT2D eigenvalue weighted by Gasteiger charge is -2.26. The van der Waals surface area contributed by atoms with Gasteiger partial charge in [0.1, 0.15) is 0 Å². The third kappa shape index (κ3) is 4.89. The normalized spacial score (nSPS) is 14.6. The van der Waals surface area contributed by atoms with Gasteiger partial charge in [-0.25, -0.2) is 8.42 Å². The number of amides is 1. The number of H-pyrrole nitrogens is 1. The summed E-state index contributed by atoms with van der Waals surface area (Å²) in [7, 11) is -3.79. The third-order valence-corrected chi connectivity index (χ3v) is 7.61. The van der Waals surface area contributed by atoms with Crippen molar-refractivity contribution in [3.63, 3.8) is 0 Å². The van der Waals surface area contributed by atoms with Crippen molar-refractivity contribution in [3.05, 3.63) is 75.6 Å². The van der Waals surface area contributed by atoms with E-state index in [-0.39, 0.29) is 36.6 Å². The zero-order chi connectivity index (χ0) is 24.3. The molecular formula is C25H25N3O5S. The molecule has 1 aromatic heterocycles. The second-order valence-corrected chi connectivity index (χ2v) is 10.1. The van der Waals surface area contributed by atoms with E-state index in [1.807, 2.05) is 31.2 Å². The van der Waals surface area contributed by atoms with E-state index >= 15 is 0 Å². The predicted molar refractivity (Wildman–Crippen MR) is 129 cm³/mol. The van der Waals surface area contributed by atoms with Crippen molar-refractivity contribution in [2.45, 2.75) is 18.4 Å². The summed E-state index contributed by atoms with van der Waals surface area (Å²) >= 11 is 0. The minimum Gasteiger partial charge on any atom is -0.379 e. The fourth-order valence-electron chi connectivity index (χ4n) is 3.90. The van der Waals surface area contributed by atoms with Gasteiger partial charge in [0.05, 0.1) is 30.2 Å². The highest BCUT2D eigenvalue weighted by Crippen LogP contribution is 2.24. The monoisotopic (exact) mass is 479 g/mol. The number of aromatic amines is 1. The standard InChI is InChI=1S/C25H25N3O5S/c1-3-10-27(17-19-6-4-18(2)5-7-19)25(30)22-16-24(29)26-23-9-8-20(15-21(22)23)34(31,32)28-11-13-33-14-12-28/h1,4-9,15-16H,10-14,17H2,2H3,(H,26,29). The van der Waals surface area contributed by atoms with Crippen LogP contribution < -0.4 is 5.56 Å². The molecule has 34 heavy (non-hydrogen) atoms. The average Bonchev–Trinajstić information content (AvgIpc) is 2.84. The number of sulfonamides is 1. The molecule has 0 aliphatic carbocycles. The van der Waals surface area contributed by atoms with E-state index in [0.29, 0.717) is 24.1 Å². The van der Waals surface area contributed by atoms with Gasteiger partial charge in [-0.15, -0.1) is 6.42 Å². The van der Waals surface area contributed by atoms with E-state index in [2.05, 4.69) is 10.9 Å². The molecule has 0 unspecified atom stereocenters. The predicted octanol–water partition coefficient (Wildman–Crippen LogP) is 2.13. The number of rotatable bonds is 6. The number of aromatic nitrogens is 1. The number of nitrogens with zero attached hydrogens (tertiary/aromatic N) is 2. The molecule has 1 aliphatic heterocycles.